The fourth-order valence-electron chi connectivity index (χ4n) is 2.09. The van der Waals surface area contributed by atoms with Crippen LogP contribution in [0.5, 0.6) is 0 Å². The standard InChI is InChI=1S/C14H18N2O3S/c1-5-18-13(17)11-9(2)16(3)14(20-4)15-12(11)10-7-6-8-19-10/h6-8,12H,5H2,1-4H3/t12-/m1/s1. The van der Waals surface area contributed by atoms with Crippen LogP contribution in [-0.4, -0.2) is 35.9 Å². The minimum Gasteiger partial charge on any atom is -0.467 e. The smallest absolute Gasteiger partial charge is 0.338 e. The van der Waals surface area contributed by atoms with Gasteiger partial charge < -0.3 is 14.1 Å². The van der Waals surface area contributed by atoms with E-state index < -0.39 is 6.04 Å². The van der Waals surface area contributed by atoms with Crippen LogP contribution in [0.15, 0.2) is 39.1 Å². The normalized spacial score (nSPS) is 19.1. The van der Waals surface area contributed by atoms with Crippen molar-refractivity contribution in [1.82, 2.24) is 4.90 Å². The van der Waals surface area contributed by atoms with Crippen LogP contribution in [0.4, 0.5) is 0 Å². The first kappa shape index (κ1) is 14.7. The van der Waals surface area contributed by atoms with Crippen LogP contribution in [-0.2, 0) is 9.53 Å². The van der Waals surface area contributed by atoms with Crippen molar-refractivity contribution in [3.63, 3.8) is 0 Å². The van der Waals surface area contributed by atoms with Crippen LogP contribution in [0, 0.1) is 0 Å². The molecule has 108 valence electrons. The molecule has 6 heteroatoms. The number of ether oxygens (including phenoxy) is 1. The van der Waals surface area contributed by atoms with Gasteiger partial charge in [0.25, 0.3) is 0 Å². The highest BCUT2D eigenvalue weighted by molar-refractivity contribution is 8.13. The summed E-state index contributed by atoms with van der Waals surface area (Å²) in [5.41, 5.74) is 1.37. The Balaban J connectivity index is 2.48. The molecule has 0 aromatic carbocycles. The molecule has 20 heavy (non-hydrogen) atoms. The Morgan fingerprint density at radius 3 is 2.90 bits per heavy atom. The molecule has 0 fully saturated rings. The van der Waals surface area contributed by atoms with Crippen molar-refractivity contribution in [3.8, 4) is 0 Å². The minimum atomic E-state index is -0.442. The van der Waals surface area contributed by atoms with Crippen LogP contribution < -0.4 is 0 Å². The van der Waals surface area contributed by atoms with Gasteiger partial charge in [0.15, 0.2) is 5.17 Å². The largest absolute Gasteiger partial charge is 0.467 e. The van der Waals surface area contributed by atoms with Gasteiger partial charge in [-0.15, -0.1) is 0 Å². The second-order valence-corrected chi connectivity index (χ2v) is 5.09. The molecule has 1 aliphatic heterocycles. The zero-order valence-electron chi connectivity index (χ0n) is 12.0. The van der Waals surface area contributed by atoms with Crippen molar-refractivity contribution < 1.29 is 13.9 Å². The van der Waals surface area contributed by atoms with Gasteiger partial charge in [0.05, 0.1) is 18.4 Å². The maximum Gasteiger partial charge on any atom is 0.338 e. The molecule has 1 atom stereocenters. The number of aliphatic imine (C=N–C) groups is 1. The van der Waals surface area contributed by atoms with Crippen molar-refractivity contribution in [2.24, 2.45) is 4.99 Å². The SMILES string of the molecule is CCOC(=O)C1=C(C)N(C)C(SC)=N[C@@H]1c1ccco1. The lowest BCUT2D eigenvalue weighted by Gasteiger charge is -2.30. The fourth-order valence-corrected chi connectivity index (χ4v) is 2.72. The number of nitrogens with zero attached hydrogens (tertiary/aromatic N) is 2. The first-order valence-corrected chi connectivity index (χ1v) is 7.59. The lowest BCUT2D eigenvalue weighted by atomic mass is 10.0. The number of hydrogen-bond acceptors (Lipinski definition) is 6. The number of rotatable bonds is 3. The summed E-state index contributed by atoms with van der Waals surface area (Å²) in [6, 6.07) is 3.17. The van der Waals surface area contributed by atoms with E-state index in [0.717, 1.165) is 10.9 Å². The Bertz CT molecular complexity index is 549. The van der Waals surface area contributed by atoms with Crippen molar-refractivity contribution in [3.05, 3.63) is 35.4 Å². The highest BCUT2D eigenvalue weighted by atomic mass is 32.2. The Hall–Kier alpha value is -1.69. The number of furan rings is 1. The van der Waals surface area contributed by atoms with Gasteiger partial charge in [-0.3, -0.25) is 0 Å². The Kier molecular flexibility index (Phi) is 4.54. The Morgan fingerprint density at radius 2 is 2.35 bits per heavy atom. The maximum absolute atomic E-state index is 12.2. The Labute approximate surface area is 122 Å². The quantitative estimate of drug-likeness (QED) is 0.802. The lowest BCUT2D eigenvalue weighted by Crippen LogP contribution is -2.32. The average Bonchev–Trinajstić information content (AvgIpc) is 2.95. The monoisotopic (exact) mass is 294 g/mol. The molecule has 0 N–H and O–H groups in total. The molecule has 1 aromatic heterocycles. The van der Waals surface area contributed by atoms with Gasteiger partial charge in [-0.1, -0.05) is 11.8 Å². The molecule has 1 aromatic rings. The molecule has 2 heterocycles. The Morgan fingerprint density at radius 1 is 1.60 bits per heavy atom. The molecule has 0 saturated carbocycles. The number of esters is 1. The number of amidine groups is 1. The molecule has 5 nitrogen and oxygen atoms in total. The number of hydrogen-bond donors (Lipinski definition) is 0. The van der Waals surface area contributed by atoms with E-state index in [0.29, 0.717) is 17.9 Å². The summed E-state index contributed by atoms with van der Waals surface area (Å²) < 4.78 is 10.6. The number of allylic oxidation sites excluding steroid dienone is 1. The van der Waals surface area contributed by atoms with E-state index in [2.05, 4.69) is 4.99 Å². The summed E-state index contributed by atoms with van der Waals surface area (Å²) in [6.45, 7) is 4.02. The third kappa shape index (κ3) is 2.60. The molecule has 0 saturated heterocycles. The molecule has 0 bridgehead atoms. The molecule has 0 amide bonds. The predicted molar refractivity (Wildman–Crippen MR) is 79.5 cm³/mol. The summed E-state index contributed by atoms with van der Waals surface area (Å²) >= 11 is 1.53. The molecule has 0 unspecified atom stereocenters. The van der Waals surface area contributed by atoms with Gasteiger partial charge in [0.2, 0.25) is 0 Å². The first-order valence-electron chi connectivity index (χ1n) is 6.37. The third-order valence-electron chi connectivity index (χ3n) is 3.18. The fraction of sp³-hybridized carbons (Fsp3) is 0.429. The van der Waals surface area contributed by atoms with Gasteiger partial charge in [-0.2, -0.15) is 0 Å². The first-order chi connectivity index (χ1) is 9.60. The highest BCUT2D eigenvalue weighted by Gasteiger charge is 2.33. The lowest BCUT2D eigenvalue weighted by molar-refractivity contribution is -0.139. The highest BCUT2D eigenvalue weighted by Crippen LogP contribution is 2.35. The van der Waals surface area contributed by atoms with Crippen LogP contribution in [0.3, 0.4) is 0 Å². The molecule has 0 spiro atoms. The summed E-state index contributed by atoms with van der Waals surface area (Å²) in [6.07, 6.45) is 3.54. The summed E-state index contributed by atoms with van der Waals surface area (Å²) in [4.78, 5) is 18.7. The van der Waals surface area contributed by atoms with Gasteiger partial charge in [-0.25, -0.2) is 9.79 Å². The molecular formula is C14H18N2O3S. The van der Waals surface area contributed by atoms with Crippen LogP contribution in [0.2, 0.25) is 0 Å². The zero-order valence-corrected chi connectivity index (χ0v) is 12.9. The summed E-state index contributed by atoms with van der Waals surface area (Å²) in [7, 11) is 1.89. The molecule has 0 aliphatic carbocycles. The van der Waals surface area contributed by atoms with Crippen molar-refractivity contribution >= 4 is 22.9 Å². The van der Waals surface area contributed by atoms with Gasteiger partial charge in [-0.05, 0) is 32.2 Å². The maximum atomic E-state index is 12.2. The number of carbonyl (C=O) groups is 1. The van der Waals surface area contributed by atoms with Crippen molar-refractivity contribution in [2.45, 2.75) is 19.9 Å². The topological polar surface area (TPSA) is 55.0 Å². The third-order valence-corrected chi connectivity index (χ3v) is 3.93. The van der Waals surface area contributed by atoms with Gasteiger partial charge >= 0.3 is 5.97 Å². The molecule has 1 aliphatic rings. The number of thioether (sulfide) groups is 1. The van der Waals surface area contributed by atoms with E-state index in [9.17, 15) is 4.79 Å². The van der Waals surface area contributed by atoms with Crippen molar-refractivity contribution in [2.75, 3.05) is 19.9 Å². The minimum absolute atomic E-state index is 0.337. The van der Waals surface area contributed by atoms with Gasteiger partial charge in [0.1, 0.15) is 11.8 Å². The summed E-state index contributed by atoms with van der Waals surface area (Å²) in [5.74, 6) is 0.300. The second kappa shape index (κ2) is 6.17. The summed E-state index contributed by atoms with van der Waals surface area (Å²) in [5, 5.41) is 0.844. The van der Waals surface area contributed by atoms with Crippen LogP contribution >= 0.6 is 11.8 Å². The zero-order chi connectivity index (χ0) is 14.7. The number of carbonyl (C=O) groups excluding carboxylic acids is 1. The second-order valence-electron chi connectivity index (χ2n) is 4.31. The average molecular weight is 294 g/mol. The van der Waals surface area contributed by atoms with Gasteiger partial charge in [0, 0.05) is 12.7 Å². The molecular weight excluding hydrogens is 276 g/mol. The van der Waals surface area contributed by atoms with E-state index in [-0.39, 0.29) is 5.97 Å². The van der Waals surface area contributed by atoms with E-state index in [1.165, 1.54) is 11.8 Å². The van der Waals surface area contributed by atoms with Crippen molar-refractivity contribution in [1.29, 1.82) is 0 Å². The predicted octanol–water partition coefficient (Wildman–Crippen LogP) is 2.82. The molecule has 2 rings (SSSR count). The van der Waals surface area contributed by atoms with Crippen LogP contribution in [0.1, 0.15) is 25.6 Å². The van der Waals surface area contributed by atoms with E-state index in [1.807, 2.05) is 31.2 Å². The van der Waals surface area contributed by atoms with Crippen LogP contribution in [0.25, 0.3) is 0 Å². The van der Waals surface area contributed by atoms with E-state index in [4.69, 9.17) is 9.15 Å². The van der Waals surface area contributed by atoms with E-state index in [1.54, 1.807) is 19.3 Å². The molecule has 0 radical (unpaired) electrons. The van der Waals surface area contributed by atoms with E-state index >= 15 is 0 Å².